The van der Waals surface area contributed by atoms with E-state index in [-0.39, 0.29) is 23.8 Å². The summed E-state index contributed by atoms with van der Waals surface area (Å²) in [7, 11) is -4.24. The number of carbonyl (C=O) groups excluding carboxylic acids is 3. The summed E-state index contributed by atoms with van der Waals surface area (Å²) in [5, 5.41) is 6.09. The van der Waals surface area contributed by atoms with Crippen LogP contribution in [0.5, 0.6) is 0 Å². The first-order valence-corrected chi connectivity index (χ1v) is 16.4. The van der Waals surface area contributed by atoms with Gasteiger partial charge in [-0.1, -0.05) is 23.7 Å². The normalized spacial score (nSPS) is 18.1. The Balaban J connectivity index is 1.39. The molecule has 2 heterocycles. The van der Waals surface area contributed by atoms with Gasteiger partial charge >= 0.3 is 5.97 Å². The molecule has 2 aromatic rings. The van der Waals surface area contributed by atoms with Gasteiger partial charge in [0.25, 0.3) is 10.0 Å². The summed E-state index contributed by atoms with van der Waals surface area (Å²) in [4.78, 5) is 40.6. The largest absolute Gasteiger partial charge is 0.459 e. The highest BCUT2D eigenvalue weighted by molar-refractivity contribution is 7.93. The fraction of sp³-hybridized carbons (Fsp3) is 0.516. The molecule has 2 aliphatic rings. The number of sulfonamides is 1. The van der Waals surface area contributed by atoms with Crippen molar-refractivity contribution in [1.82, 2.24) is 10.2 Å². The van der Waals surface area contributed by atoms with E-state index in [1.165, 1.54) is 6.07 Å². The molecular weight excluding hydrogens is 592 g/mol. The second kappa shape index (κ2) is 13.2. The van der Waals surface area contributed by atoms with Crippen LogP contribution in [0.2, 0.25) is 5.02 Å². The molecule has 1 fully saturated rings. The van der Waals surface area contributed by atoms with Crippen molar-refractivity contribution in [2.45, 2.75) is 76.8 Å². The molecule has 0 aromatic heterocycles. The molecular formula is C31H41ClN4O6S. The first-order chi connectivity index (χ1) is 20.2. The number of hydrogen-bond donors (Lipinski definition) is 2. The van der Waals surface area contributed by atoms with Crippen molar-refractivity contribution in [3.05, 3.63) is 52.5 Å². The summed E-state index contributed by atoms with van der Waals surface area (Å²) in [6, 6.07) is 8.45. The zero-order valence-corrected chi connectivity index (χ0v) is 27.0. The minimum atomic E-state index is -4.24. The van der Waals surface area contributed by atoms with E-state index in [0.717, 1.165) is 36.7 Å². The summed E-state index contributed by atoms with van der Waals surface area (Å²) in [5.41, 5.74) is 1.17. The lowest BCUT2D eigenvalue weighted by molar-refractivity contribution is -0.156. The van der Waals surface area contributed by atoms with Gasteiger partial charge in [0.05, 0.1) is 29.2 Å². The van der Waals surface area contributed by atoms with Gasteiger partial charge in [-0.2, -0.15) is 0 Å². The average molecular weight is 633 g/mol. The lowest BCUT2D eigenvalue weighted by atomic mass is 9.93. The van der Waals surface area contributed by atoms with Crippen molar-refractivity contribution >= 4 is 50.8 Å². The van der Waals surface area contributed by atoms with Gasteiger partial charge in [-0.05, 0) is 108 Å². The highest BCUT2D eigenvalue weighted by Gasteiger charge is 2.42. The maximum Gasteiger partial charge on any atom is 0.320 e. The van der Waals surface area contributed by atoms with Gasteiger partial charge in [-0.3, -0.25) is 23.6 Å². The predicted octanol–water partition coefficient (Wildman–Crippen LogP) is 4.42. The Morgan fingerprint density at radius 1 is 1.09 bits per heavy atom. The van der Waals surface area contributed by atoms with Crippen LogP contribution in [0.15, 0.2) is 41.3 Å². The van der Waals surface area contributed by atoms with E-state index >= 15 is 0 Å². The average Bonchev–Trinajstić information content (AvgIpc) is 2.90. The minimum Gasteiger partial charge on any atom is -0.459 e. The third kappa shape index (κ3) is 8.07. The van der Waals surface area contributed by atoms with E-state index in [0.29, 0.717) is 40.0 Å². The number of fused-ring (bicyclic) bond motifs is 1. The number of piperidine rings is 1. The second-order valence-corrected chi connectivity index (χ2v) is 14.5. The lowest BCUT2D eigenvalue weighted by Gasteiger charge is -2.37. The van der Waals surface area contributed by atoms with Crippen molar-refractivity contribution in [3.8, 4) is 0 Å². The molecule has 234 valence electrons. The van der Waals surface area contributed by atoms with E-state index in [9.17, 15) is 22.8 Å². The second-order valence-electron chi connectivity index (χ2n) is 12.3. The molecule has 0 saturated carbocycles. The van der Waals surface area contributed by atoms with Crippen LogP contribution in [0.4, 0.5) is 11.4 Å². The van der Waals surface area contributed by atoms with Gasteiger partial charge in [0.2, 0.25) is 11.8 Å². The number of aryl methyl sites for hydroxylation is 2. The number of para-hydroxylation sites is 2. The standard InChI is InChI=1S/C31H41ClN4O6S/c1-20-17-27(21(2)16-23(20)32)43(40,41)36-25-9-7-6-8-24(25)34-30(39)26(36)18-28(37)33-13-10-22-11-14-35(15-12-22)19-29(38)42-31(3,4)5/h6-9,16-17,22,26H,10-15,18-19H2,1-5H3,(H,33,37)(H,34,39). The Morgan fingerprint density at radius 2 is 1.77 bits per heavy atom. The number of nitrogens with one attached hydrogen (secondary N) is 2. The van der Waals surface area contributed by atoms with Crippen molar-refractivity contribution < 1.29 is 27.5 Å². The number of hydrogen-bond acceptors (Lipinski definition) is 7. The number of benzene rings is 2. The van der Waals surface area contributed by atoms with Gasteiger partial charge < -0.3 is 15.4 Å². The predicted molar refractivity (Wildman–Crippen MR) is 167 cm³/mol. The number of rotatable bonds is 9. The fourth-order valence-corrected chi connectivity index (χ4v) is 7.67. The lowest BCUT2D eigenvalue weighted by Crippen LogP contribution is -2.53. The van der Waals surface area contributed by atoms with Gasteiger partial charge in [-0.15, -0.1) is 0 Å². The smallest absolute Gasteiger partial charge is 0.320 e. The molecule has 0 bridgehead atoms. The third-order valence-corrected chi connectivity index (χ3v) is 10.1. The van der Waals surface area contributed by atoms with Gasteiger partial charge in [0, 0.05) is 11.6 Å². The van der Waals surface area contributed by atoms with Crippen LogP contribution >= 0.6 is 11.6 Å². The van der Waals surface area contributed by atoms with Crippen LogP contribution in [0.1, 0.15) is 57.6 Å². The molecule has 2 aromatic carbocycles. The van der Waals surface area contributed by atoms with E-state index in [1.807, 2.05) is 20.8 Å². The summed E-state index contributed by atoms with van der Waals surface area (Å²) >= 11 is 6.23. The number of anilines is 2. The molecule has 10 nitrogen and oxygen atoms in total. The molecule has 0 radical (unpaired) electrons. The molecule has 0 aliphatic carbocycles. The third-order valence-electron chi connectivity index (χ3n) is 7.71. The number of nitrogens with zero attached hydrogens (tertiary/aromatic N) is 2. The van der Waals surface area contributed by atoms with Crippen molar-refractivity contribution in [1.29, 1.82) is 0 Å². The summed E-state index contributed by atoms with van der Waals surface area (Å²) in [5.74, 6) is -0.831. The topological polar surface area (TPSA) is 125 Å². The van der Waals surface area contributed by atoms with Crippen molar-refractivity contribution in [3.63, 3.8) is 0 Å². The van der Waals surface area contributed by atoms with E-state index in [2.05, 4.69) is 15.5 Å². The highest BCUT2D eigenvalue weighted by atomic mass is 35.5. The Morgan fingerprint density at radius 3 is 2.44 bits per heavy atom. The van der Waals surface area contributed by atoms with Gasteiger partial charge in [0.1, 0.15) is 11.6 Å². The number of carbonyl (C=O) groups is 3. The molecule has 4 rings (SSSR count). The Labute approximate surface area is 259 Å². The minimum absolute atomic E-state index is 0.0299. The molecule has 1 unspecified atom stereocenters. The number of halogens is 1. The monoisotopic (exact) mass is 632 g/mol. The maximum atomic E-state index is 14.1. The van der Waals surface area contributed by atoms with Crippen LogP contribution in [0.3, 0.4) is 0 Å². The molecule has 1 saturated heterocycles. The highest BCUT2D eigenvalue weighted by Crippen LogP contribution is 2.38. The molecule has 2 aliphatic heterocycles. The van der Waals surface area contributed by atoms with Crippen LogP contribution < -0.4 is 14.9 Å². The zero-order chi connectivity index (χ0) is 31.5. The Kier molecular flexibility index (Phi) is 10.1. The number of esters is 1. The molecule has 12 heteroatoms. The first kappa shape index (κ1) is 32.8. The SMILES string of the molecule is Cc1cc(S(=O)(=O)N2c3ccccc3NC(=O)C2CC(=O)NCCC2CCN(CC(=O)OC(C)(C)C)CC2)c(C)cc1Cl. The maximum absolute atomic E-state index is 14.1. The first-order valence-electron chi connectivity index (χ1n) is 14.6. The number of likely N-dealkylation sites (tertiary alicyclic amines) is 1. The van der Waals surface area contributed by atoms with Crippen LogP contribution in [0, 0.1) is 19.8 Å². The van der Waals surface area contributed by atoms with E-state index < -0.39 is 33.5 Å². The van der Waals surface area contributed by atoms with Crippen molar-refractivity contribution in [2.24, 2.45) is 5.92 Å². The Bertz CT molecular complexity index is 1480. The molecule has 43 heavy (non-hydrogen) atoms. The fourth-order valence-electron chi connectivity index (χ4n) is 5.53. The number of amides is 2. The molecule has 2 N–H and O–H groups in total. The van der Waals surface area contributed by atoms with Crippen LogP contribution in [0.25, 0.3) is 0 Å². The quantitative estimate of drug-likeness (QED) is 0.392. The zero-order valence-electron chi connectivity index (χ0n) is 25.4. The molecule has 0 spiro atoms. The number of ether oxygens (including phenoxy) is 1. The summed E-state index contributed by atoms with van der Waals surface area (Å²) in [6.07, 6.45) is 2.20. The Hall–Kier alpha value is -3.15. The van der Waals surface area contributed by atoms with Gasteiger partial charge in [0.15, 0.2) is 0 Å². The van der Waals surface area contributed by atoms with E-state index in [1.54, 1.807) is 44.2 Å². The van der Waals surface area contributed by atoms with Crippen LogP contribution in [-0.4, -0.2) is 68.9 Å². The van der Waals surface area contributed by atoms with Gasteiger partial charge in [-0.25, -0.2) is 8.42 Å². The molecule has 2 amide bonds. The molecule has 1 atom stereocenters. The van der Waals surface area contributed by atoms with Crippen molar-refractivity contribution in [2.75, 3.05) is 35.8 Å². The summed E-state index contributed by atoms with van der Waals surface area (Å²) in [6.45, 7) is 11.1. The van der Waals surface area contributed by atoms with Crippen LogP contribution in [-0.2, 0) is 29.1 Å². The van der Waals surface area contributed by atoms with E-state index in [4.69, 9.17) is 16.3 Å². The summed E-state index contributed by atoms with van der Waals surface area (Å²) < 4.78 is 34.7.